The van der Waals surface area contributed by atoms with E-state index in [9.17, 15) is 5.26 Å². The van der Waals surface area contributed by atoms with Crippen molar-refractivity contribution < 1.29 is 0 Å². The SMILES string of the molecule is C[C@@H](Nc1c(C#N)cnc2c(Cl)cc(NC(c3ccccc3)c3cn[nH]n3)cc12)c1ccccc1. The van der Waals surface area contributed by atoms with E-state index >= 15 is 0 Å². The summed E-state index contributed by atoms with van der Waals surface area (Å²) in [5.41, 5.74) is 5.41. The second kappa shape index (κ2) is 9.84. The molecule has 2 aromatic heterocycles. The Hall–Kier alpha value is -4.41. The van der Waals surface area contributed by atoms with E-state index in [1.807, 2.05) is 60.7 Å². The van der Waals surface area contributed by atoms with Gasteiger partial charge in [0.1, 0.15) is 11.8 Å². The van der Waals surface area contributed by atoms with Crippen molar-refractivity contribution >= 4 is 33.9 Å². The van der Waals surface area contributed by atoms with Gasteiger partial charge in [-0.1, -0.05) is 72.3 Å². The molecule has 3 N–H and O–H groups in total. The maximum Gasteiger partial charge on any atom is 0.109 e. The predicted molar refractivity (Wildman–Crippen MR) is 138 cm³/mol. The Morgan fingerprint density at radius 1 is 0.943 bits per heavy atom. The van der Waals surface area contributed by atoms with Crippen LogP contribution < -0.4 is 10.6 Å². The number of H-pyrrole nitrogens is 1. The number of nitrogens with zero attached hydrogens (tertiary/aromatic N) is 4. The summed E-state index contributed by atoms with van der Waals surface area (Å²) in [6.45, 7) is 2.06. The van der Waals surface area contributed by atoms with Gasteiger partial charge in [-0.15, -0.1) is 0 Å². The predicted octanol–water partition coefficient (Wildman–Crippen LogP) is 6.25. The fraction of sp³-hybridized carbons (Fsp3) is 0.111. The number of halogens is 1. The molecule has 0 spiro atoms. The van der Waals surface area contributed by atoms with Crippen molar-refractivity contribution in [3.63, 3.8) is 0 Å². The fourth-order valence-corrected chi connectivity index (χ4v) is 4.38. The maximum absolute atomic E-state index is 9.82. The Balaban J connectivity index is 1.58. The molecule has 0 saturated carbocycles. The first-order valence-electron chi connectivity index (χ1n) is 11.1. The summed E-state index contributed by atoms with van der Waals surface area (Å²) in [7, 11) is 0. The molecule has 3 aromatic carbocycles. The number of pyridine rings is 1. The number of nitrogens with one attached hydrogen (secondary N) is 3. The number of fused-ring (bicyclic) bond motifs is 1. The van der Waals surface area contributed by atoms with Crippen LogP contribution in [0.5, 0.6) is 0 Å². The van der Waals surface area contributed by atoms with Crippen LogP contribution in [-0.4, -0.2) is 20.4 Å². The number of nitriles is 1. The minimum atomic E-state index is -0.254. The van der Waals surface area contributed by atoms with Gasteiger partial charge in [-0.3, -0.25) is 4.98 Å². The summed E-state index contributed by atoms with van der Waals surface area (Å²) in [6.07, 6.45) is 3.25. The van der Waals surface area contributed by atoms with E-state index in [0.29, 0.717) is 21.8 Å². The second-order valence-electron chi connectivity index (χ2n) is 8.17. The summed E-state index contributed by atoms with van der Waals surface area (Å²) in [6, 6.07) is 25.8. The molecule has 35 heavy (non-hydrogen) atoms. The van der Waals surface area contributed by atoms with Crippen LogP contribution in [-0.2, 0) is 0 Å². The normalized spacial score (nSPS) is 12.6. The number of hydrogen-bond donors (Lipinski definition) is 3. The Labute approximate surface area is 207 Å². The van der Waals surface area contributed by atoms with Gasteiger partial charge in [0.2, 0.25) is 0 Å². The number of benzene rings is 3. The van der Waals surface area contributed by atoms with Crippen LogP contribution >= 0.6 is 11.6 Å². The quantitative estimate of drug-likeness (QED) is 0.255. The third kappa shape index (κ3) is 4.65. The standard InChI is InChI=1S/C27H22ClN7/c1-17(18-8-4-2-5-9-18)32-25-20(14-29)15-30-27-22(25)12-21(13-23(27)28)33-26(24-16-31-35-34-24)19-10-6-3-7-11-19/h2-13,15-17,26,33H,1H3,(H,30,32)(H,31,34,35)/t17-,26?/m1/s1. The van der Waals surface area contributed by atoms with Crippen molar-refractivity contribution in [2.24, 2.45) is 0 Å². The lowest BCUT2D eigenvalue weighted by molar-refractivity contribution is 0.852. The third-order valence-electron chi connectivity index (χ3n) is 5.88. The number of rotatable bonds is 7. The van der Waals surface area contributed by atoms with E-state index in [1.54, 1.807) is 12.4 Å². The minimum Gasteiger partial charge on any atom is -0.377 e. The number of aromatic nitrogens is 4. The first kappa shape index (κ1) is 22.4. The first-order chi connectivity index (χ1) is 17.1. The summed E-state index contributed by atoms with van der Waals surface area (Å²) in [5.74, 6) is 0. The largest absolute Gasteiger partial charge is 0.377 e. The van der Waals surface area contributed by atoms with E-state index in [2.05, 4.69) is 56.2 Å². The number of hydrogen-bond acceptors (Lipinski definition) is 6. The monoisotopic (exact) mass is 479 g/mol. The Bertz CT molecular complexity index is 1480. The summed E-state index contributed by atoms with van der Waals surface area (Å²) in [5, 5.41) is 29.1. The van der Waals surface area contributed by atoms with Crippen LogP contribution in [0.1, 0.15) is 41.4 Å². The molecule has 2 atom stereocenters. The number of anilines is 2. The summed E-state index contributed by atoms with van der Waals surface area (Å²) in [4.78, 5) is 4.47. The highest BCUT2D eigenvalue weighted by atomic mass is 35.5. The van der Waals surface area contributed by atoms with E-state index in [1.165, 1.54) is 0 Å². The van der Waals surface area contributed by atoms with Crippen molar-refractivity contribution in [3.05, 3.63) is 113 Å². The van der Waals surface area contributed by atoms with Gasteiger partial charge in [-0.05, 0) is 30.2 Å². The molecule has 172 valence electrons. The highest BCUT2D eigenvalue weighted by molar-refractivity contribution is 6.35. The van der Waals surface area contributed by atoms with Crippen LogP contribution in [0.15, 0.2) is 85.2 Å². The van der Waals surface area contributed by atoms with Gasteiger partial charge < -0.3 is 10.6 Å². The van der Waals surface area contributed by atoms with E-state index in [0.717, 1.165) is 27.9 Å². The Morgan fingerprint density at radius 2 is 1.66 bits per heavy atom. The van der Waals surface area contributed by atoms with Gasteiger partial charge in [0, 0.05) is 23.3 Å². The highest BCUT2D eigenvalue weighted by Crippen LogP contribution is 2.36. The van der Waals surface area contributed by atoms with Gasteiger partial charge in [0.25, 0.3) is 0 Å². The zero-order valence-corrected chi connectivity index (χ0v) is 19.7. The molecule has 0 amide bonds. The van der Waals surface area contributed by atoms with Crippen LogP contribution in [0.4, 0.5) is 11.4 Å². The molecule has 7 nitrogen and oxygen atoms in total. The molecule has 2 heterocycles. The topological polar surface area (TPSA) is 102 Å². The summed E-state index contributed by atoms with van der Waals surface area (Å²) >= 11 is 6.69. The first-order valence-corrected chi connectivity index (χ1v) is 11.5. The third-order valence-corrected chi connectivity index (χ3v) is 6.17. The van der Waals surface area contributed by atoms with Crippen molar-refractivity contribution in [2.75, 3.05) is 10.6 Å². The molecule has 8 heteroatoms. The molecule has 5 aromatic rings. The Morgan fingerprint density at radius 3 is 2.31 bits per heavy atom. The lowest BCUT2D eigenvalue weighted by Crippen LogP contribution is -2.13. The lowest BCUT2D eigenvalue weighted by atomic mass is 10.0. The van der Waals surface area contributed by atoms with Gasteiger partial charge in [0.15, 0.2) is 0 Å². The maximum atomic E-state index is 9.82. The average Bonchev–Trinajstić information content (AvgIpc) is 3.43. The molecule has 0 bridgehead atoms. The molecule has 5 rings (SSSR count). The molecule has 0 fully saturated rings. The Kier molecular flexibility index (Phi) is 6.29. The van der Waals surface area contributed by atoms with Crippen LogP contribution in [0, 0.1) is 11.3 Å². The molecule has 0 saturated heterocycles. The minimum absolute atomic E-state index is 0.0310. The molecular weight excluding hydrogens is 458 g/mol. The van der Waals surface area contributed by atoms with Crippen molar-refractivity contribution in [2.45, 2.75) is 19.0 Å². The zero-order chi connectivity index (χ0) is 24.2. The fourth-order valence-electron chi connectivity index (χ4n) is 4.11. The highest BCUT2D eigenvalue weighted by Gasteiger charge is 2.19. The van der Waals surface area contributed by atoms with Crippen molar-refractivity contribution in [1.29, 1.82) is 5.26 Å². The second-order valence-corrected chi connectivity index (χ2v) is 8.58. The molecule has 0 aliphatic carbocycles. The number of aromatic amines is 1. The molecule has 0 aliphatic rings. The van der Waals surface area contributed by atoms with Gasteiger partial charge in [-0.25, -0.2) is 0 Å². The van der Waals surface area contributed by atoms with Crippen LogP contribution in [0.3, 0.4) is 0 Å². The van der Waals surface area contributed by atoms with Crippen LogP contribution in [0.2, 0.25) is 5.02 Å². The van der Waals surface area contributed by atoms with E-state index in [-0.39, 0.29) is 12.1 Å². The van der Waals surface area contributed by atoms with Gasteiger partial charge >= 0.3 is 0 Å². The summed E-state index contributed by atoms with van der Waals surface area (Å²) < 4.78 is 0. The molecule has 0 aliphatic heterocycles. The van der Waals surface area contributed by atoms with E-state index < -0.39 is 0 Å². The smallest absolute Gasteiger partial charge is 0.109 e. The lowest BCUT2D eigenvalue weighted by Gasteiger charge is -2.21. The van der Waals surface area contributed by atoms with Crippen molar-refractivity contribution in [1.82, 2.24) is 20.4 Å². The molecule has 1 unspecified atom stereocenters. The van der Waals surface area contributed by atoms with Crippen LogP contribution in [0.25, 0.3) is 10.9 Å². The van der Waals surface area contributed by atoms with Crippen molar-refractivity contribution in [3.8, 4) is 6.07 Å². The average molecular weight is 480 g/mol. The van der Waals surface area contributed by atoms with Gasteiger partial charge in [-0.2, -0.15) is 20.7 Å². The molecule has 0 radical (unpaired) electrons. The molecular formula is C27H22ClN7. The van der Waals surface area contributed by atoms with E-state index in [4.69, 9.17) is 11.6 Å². The zero-order valence-electron chi connectivity index (χ0n) is 18.9. The van der Waals surface area contributed by atoms with Gasteiger partial charge in [0.05, 0.1) is 34.0 Å².